The Kier molecular flexibility index (Phi) is 2.31. The summed E-state index contributed by atoms with van der Waals surface area (Å²) in [4.78, 5) is 11.4. The van der Waals surface area contributed by atoms with Crippen LogP contribution in [-0.4, -0.2) is 15.0 Å². The maximum Gasteiger partial charge on any atom is 0.138 e. The molecule has 0 aliphatic heterocycles. The second-order valence-corrected chi connectivity index (χ2v) is 2.93. The van der Waals surface area contributed by atoms with Gasteiger partial charge in [-0.2, -0.15) is 12.6 Å². The van der Waals surface area contributed by atoms with Crippen molar-refractivity contribution in [3.05, 3.63) is 36.5 Å². The number of aromatic amines is 1. The quantitative estimate of drug-likeness (QED) is 0.712. The van der Waals surface area contributed by atoms with Crippen molar-refractivity contribution in [3.63, 3.8) is 0 Å². The highest BCUT2D eigenvalue weighted by Gasteiger charge is 2.00. The molecule has 0 amide bonds. The van der Waals surface area contributed by atoms with Gasteiger partial charge in [0.25, 0.3) is 0 Å². The van der Waals surface area contributed by atoms with Crippen LogP contribution in [-0.2, 0) is 5.75 Å². The Morgan fingerprint density at radius 3 is 3.00 bits per heavy atom. The summed E-state index contributed by atoms with van der Waals surface area (Å²) in [7, 11) is 0. The van der Waals surface area contributed by atoms with Gasteiger partial charge < -0.3 is 4.98 Å². The van der Waals surface area contributed by atoms with Crippen LogP contribution < -0.4 is 0 Å². The number of hydrogen-bond acceptors (Lipinski definition) is 3. The lowest BCUT2D eigenvalue weighted by Gasteiger charge is -1.98. The van der Waals surface area contributed by atoms with Crippen LogP contribution in [0, 0.1) is 0 Å². The Labute approximate surface area is 81.7 Å². The molecule has 4 heteroatoms. The van der Waals surface area contributed by atoms with Crippen LogP contribution in [0.3, 0.4) is 0 Å². The van der Waals surface area contributed by atoms with Gasteiger partial charge >= 0.3 is 0 Å². The van der Waals surface area contributed by atoms with Gasteiger partial charge in [0.05, 0.1) is 11.4 Å². The molecular formula is C9H9N3S. The van der Waals surface area contributed by atoms with Gasteiger partial charge in [-0.15, -0.1) is 0 Å². The van der Waals surface area contributed by atoms with Crippen LogP contribution in [0.5, 0.6) is 0 Å². The van der Waals surface area contributed by atoms with Crippen molar-refractivity contribution in [1.29, 1.82) is 0 Å². The molecule has 0 spiro atoms. The molecule has 13 heavy (non-hydrogen) atoms. The van der Waals surface area contributed by atoms with Gasteiger partial charge in [-0.3, -0.25) is 0 Å². The zero-order chi connectivity index (χ0) is 9.10. The first-order valence-electron chi connectivity index (χ1n) is 3.96. The predicted octanol–water partition coefficient (Wildman–Crippen LogP) is 1.90. The summed E-state index contributed by atoms with van der Waals surface area (Å²) in [6, 6.07) is 3.86. The number of H-pyrrole nitrogens is 1. The first-order chi connectivity index (χ1) is 6.40. The van der Waals surface area contributed by atoms with E-state index in [1.54, 1.807) is 6.20 Å². The molecule has 0 atom stereocenters. The molecule has 2 aromatic heterocycles. The summed E-state index contributed by atoms with van der Waals surface area (Å²) >= 11 is 4.12. The molecule has 3 nitrogen and oxygen atoms in total. The molecule has 1 N–H and O–H groups in total. The lowest BCUT2D eigenvalue weighted by Crippen LogP contribution is -1.91. The molecule has 0 saturated carbocycles. The van der Waals surface area contributed by atoms with Gasteiger partial charge in [-0.05, 0) is 12.1 Å². The van der Waals surface area contributed by atoms with Crippen LogP contribution in [0.25, 0.3) is 11.3 Å². The Morgan fingerprint density at radius 2 is 2.31 bits per heavy atom. The summed E-state index contributed by atoms with van der Waals surface area (Å²) in [6.07, 6.45) is 5.53. The highest BCUT2D eigenvalue weighted by Crippen LogP contribution is 2.14. The topological polar surface area (TPSA) is 41.6 Å². The van der Waals surface area contributed by atoms with Crippen molar-refractivity contribution in [3.8, 4) is 11.3 Å². The molecule has 0 aliphatic carbocycles. The second kappa shape index (κ2) is 3.62. The highest BCUT2D eigenvalue weighted by molar-refractivity contribution is 7.79. The van der Waals surface area contributed by atoms with Gasteiger partial charge in [0.2, 0.25) is 0 Å². The van der Waals surface area contributed by atoms with E-state index in [1.165, 1.54) is 0 Å². The summed E-state index contributed by atoms with van der Waals surface area (Å²) < 4.78 is 0. The maximum absolute atomic E-state index is 4.33. The van der Waals surface area contributed by atoms with Crippen molar-refractivity contribution in [2.24, 2.45) is 0 Å². The molecule has 0 aromatic carbocycles. The zero-order valence-corrected chi connectivity index (χ0v) is 7.83. The van der Waals surface area contributed by atoms with Crippen LogP contribution >= 0.6 is 12.6 Å². The fourth-order valence-electron chi connectivity index (χ4n) is 1.12. The third kappa shape index (κ3) is 1.72. The van der Waals surface area contributed by atoms with Crippen LogP contribution in [0.15, 0.2) is 30.7 Å². The minimum absolute atomic E-state index is 0.568. The lowest BCUT2D eigenvalue weighted by molar-refractivity contribution is 1.04. The monoisotopic (exact) mass is 191 g/mol. The molecule has 2 heterocycles. The fraction of sp³-hybridized carbons (Fsp3) is 0.111. The van der Waals surface area contributed by atoms with Crippen molar-refractivity contribution < 1.29 is 0 Å². The van der Waals surface area contributed by atoms with Gasteiger partial charge in [0.15, 0.2) is 0 Å². The predicted molar refractivity (Wildman–Crippen MR) is 54.5 cm³/mol. The lowest BCUT2D eigenvalue weighted by atomic mass is 10.2. The largest absolute Gasteiger partial charge is 0.367 e. The average molecular weight is 191 g/mol. The SMILES string of the molecule is SCc1nccc(-c2cc[nH]c2)n1. The van der Waals surface area contributed by atoms with E-state index in [4.69, 9.17) is 0 Å². The van der Waals surface area contributed by atoms with Crippen molar-refractivity contribution in [2.75, 3.05) is 0 Å². The summed E-state index contributed by atoms with van der Waals surface area (Å²) in [5.41, 5.74) is 2.01. The van der Waals surface area contributed by atoms with Crippen molar-refractivity contribution in [2.45, 2.75) is 5.75 Å². The molecule has 0 radical (unpaired) electrons. The van der Waals surface area contributed by atoms with E-state index >= 15 is 0 Å². The van der Waals surface area contributed by atoms with Crippen LogP contribution in [0.1, 0.15) is 5.82 Å². The van der Waals surface area contributed by atoms with E-state index < -0.39 is 0 Å². The Bertz CT molecular complexity index is 384. The second-order valence-electron chi connectivity index (χ2n) is 2.62. The minimum Gasteiger partial charge on any atom is -0.367 e. The number of thiol groups is 1. The molecular weight excluding hydrogens is 182 g/mol. The number of hydrogen-bond donors (Lipinski definition) is 2. The molecule has 0 unspecified atom stereocenters. The van der Waals surface area contributed by atoms with Crippen LogP contribution in [0.4, 0.5) is 0 Å². The van der Waals surface area contributed by atoms with E-state index in [0.717, 1.165) is 17.1 Å². The Morgan fingerprint density at radius 1 is 1.38 bits per heavy atom. The van der Waals surface area contributed by atoms with E-state index in [9.17, 15) is 0 Å². The van der Waals surface area contributed by atoms with Crippen molar-refractivity contribution >= 4 is 12.6 Å². The van der Waals surface area contributed by atoms with E-state index in [-0.39, 0.29) is 0 Å². The molecule has 66 valence electrons. The number of nitrogens with one attached hydrogen (secondary N) is 1. The van der Waals surface area contributed by atoms with E-state index in [2.05, 4.69) is 27.6 Å². The third-order valence-electron chi connectivity index (χ3n) is 1.74. The highest BCUT2D eigenvalue weighted by atomic mass is 32.1. The number of rotatable bonds is 2. The van der Waals surface area contributed by atoms with Gasteiger partial charge in [-0.1, -0.05) is 0 Å². The smallest absolute Gasteiger partial charge is 0.138 e. The Hall–Kier alpha value is -1.29. The fourth-order valence-corrected chi connectivity index (χ4v) is 1.27. The Balaban J connectivity index is 2.41. The van der Waals surface area contributed by atoms with Crippen LogP contribution in [0.2, 0.25) is 0 Å². The summed E-state index contributed by atoms with van der Waals surface area (Å²) in [6.45, 7) is 0. The molecule has 0 saturated heterocycles. The first kappa shape index (κ1) is 8.31. The average Bonchev–Trinajstić information content (AvgIpc) is 2.71. The third-order valence-corrected chi connectivity index (χ3v) is 2.02. The first-order valence-corrected chi connectivity index (χ1v) is 4.59. The molecule has 0 bridgehead atoms. The summed E-state index contributed by atoms with van der Waals surface area (Å²) in [5.74, 6) is 1.32. The van der Waals surface area contributed by atoms with Gasteiger partial charge in [0, 0.05) is 24.2 Å². The minimum atomic E-state index is 0.568. The molecule has 2 rings (SSSR count). The van der Waals surface area contributed by atoms with Gasteiger partial charge in [-0.25, -0.2) is 9.97 Å². The normalized spacial score (nSPS) is 10.2. The van der Waals surface area contributed by atoms with Gasteiger partial charge in [0.1, 0.15) is 5.82 Å². The summed E-state index contributed by atoms with van der Waals surface area (Å²) in [5, 5.41) is 0. The van der Waals surface area contributed by atoms with E-state index in [0.29, 0.717) is 5.75 Å². The number of aromatic nitrogens is 3. The molecule has 0 fully saturated rings. The maximum atomic E-state index is 4.33. The van der Waals surface area contributed by atoms with Crippen molar-refractivity contribution in [1.82, 2.24) is 15.0 Å². The standard InChI is InChI=1S/C9H9N3S/c13-6-9-11-4-2-8(12-9)7-1-3-10-5-7/h1-5,10,13H,6H2. The molecule has 2 aromatic rings. The zero-order valence-electron chi connectivity index (χ0n) is 6.94. The van der Waals surface area contributed by atoms with E-state index in [1.807, 2.05) is 24.5 Å². The number of nitrogens with zero attached hydrogens (tertiary/aromatic N) is 2. The molecule has 0 aliphatic rings.